The second kappa shape index (κ2) is 22.8. The summed E-state index contributed by atoms with van der Waals surface area (Å²) in [5.41, 5.74) is -1.81. The van der Waals surface area contributed by atoms with Crippen molar-refractivity contribution in [3.8, 4) is 0 Å². The van der Waals surface area contributed by atoms with Gasteiger partial charge in [-0.2, -0.15) is 46.8 Å². The molecule has 4 amide bonds. The normalized spacial score (nSPS) is 12.7. The molecule has 0 heterocycles. The smallest absolute Gasteiger partial charge is 0.324 e. The summed E-state index contributed by atoms with van der Waals surface area (Å²) in [4.78, 5) is 78.6. The fourth-order valence-corrected chi connectivity index (χ4v) is 7.33. The number of benzene rings is 5. The molecule has 0 fully saturated rings. The highest BCUT2D eigenvalue weighted by Gasteiger charge is 2.35. The molecule has 0 aliphatic heterocycles. The van der Waals surface area contributed by atoms with Gasteiger partial charge in [-0.15, -0.1) is 0 Å². The van der Waals surface area contributed by atoms with E-state index in [-0.39, 0.29) is 68.1 Å². The molecule has 0 saturated heterocycles. The second-order valence-corrected chi connectivity index (χ2v) is 16.7. The molecule has 5 aromatic rings. The molecule has 0 aliphatic rings. The first-order valence-electron chi connectivity index (χ1n) is 20.3. The summed E-state index contributed by atoms with van der Waals surface area (Å²) in [7, 11) is 0. The van der Waals surface area contributed by atoms with Gasteiger partial charge in [-0.1, -0.05) is 60.3 Å². The molecule has 14 nitrogen and oxygen atoms in total. The number of Topliss-reactive ketones (excluding diaryl/α,β-unsaturated/α-hetero) is 2. The zero-order chi connectivity index (χ0) is 51.8. The minimum absolute atomic E-state index is 0.0344. The van der Waals surface area contributed by atoms with Crippen LogP contribution in [0, 0.1) is 0 Å². The van der Waals surface area contributed by atoms with E-state index in [0.717, 1.165) is 38.1 Å². The Labute approximate surface area is 414 Å². The number of hydrogen-bond donors (Lipinski definition) is 4. The average Bonchev–Trinajstić information content (AvgIpc) is 3.26. The van der Waals surface area contributed by atoms with Gasteiger partial charge in [-0.3, -0.25) is 28.8 Å². The zero-order valence-corrected chi connectivity index (χ0v) is 39.7. The molecule has 0 radical (unpaired) electrons. The summed E-state index contributed by atoms with van der Waals surface area (Å²) in [6.45, 7) is 5.67. The van der Waals surface area contributed by atoms with Crippen molar-refractivity contribution >= 4 is 116 Å². The van der Waals surface area contributed by atoms with Crippen LogP contribution in [0.3, 0.4) is 0 Å². The van der Waals surface area contributed by atoms with Crippen molar-refractivity contribution in [2.45, 2.75) is 65.0 Å². The Balaban J connectivity index is 1.31. The van der Waals surface area contributed by atoms with Gasteiger partial charge in [0.1, 0.15) is 0 Å². The molecule has 5 rings (SSSR count). The van der Waals surface area contributed by atoms with Crippen LogP contribution in [0.5, 0.6) is 0 Å². The molecule has 0 bridgehead atoms. The lowest BCUT2D eigenvalue weighted by Gasteiger charge is -2.19. The molecular formula is C46H36Cl4F6N8O6. The lowest BCUT2D eigenvalue weighted by atomic mass is 10.0. The van der Waals surface area contributed by atoms with Crippen molar-refractivity contribution in [1.82, 2.24) is 0 Å². The fourth-order valence-electron chi connectivity index (χ4n) is 6.42. The lowest BCUT2D eigenvalue weighted by Crippen LogP contribution is -2.33. The fraction of sp³-hybridized carbons (Fsp3) is 0.217. The lowest BCUT2D eigenvalue weighted by molar-refractivity contribution is -0.138. The van der Waals surface area contributed by atoms with Gasteiger partial charge in [0.05, 0.1) is 32.5 Å². The summed E-state index contributed by atoms with van der Waals surface area (Å²) >= 11 is 23.7. The van der Waals surface area contributed by atoms with E-state index in [4.69, 9.17) is 46.4 Å². The van der Waals surface area contributed by atoms with Crippen LogP contribution in [0.25, 0.3) is 0 Å². The standard InChI is InChI=1S/C46H36Cl4F6N8O6/c1-5-23-13-31(59-43(69)38(21(3)65)63-61-32-15-25(11-27(47)17-32)41(67)57-29-7-9-36(49)34(19-29)45(51,52)53)14-24(6-2)40(23)60-44(70)39(22(4)66)64-62-33-16-26(12-28(48)18-33)42(68)58-30-8-10-37(50)35(20-30)46(54,55)56/h7-20,38-39H,5-6H2,1-4H3,(H,57,67)(H,58,68)(H,59,69)(H,60,70). The van der Waals surface area contributed by atoms with Crippen LogP contribution in [-0.2, 0) is 44.4 Å². The first-order chi connectivity index (χ1) is 32.8. The van der Waals surface area contributed by atoms with Crippen molar-refractivity contribution in [2.24, 2.45) is 20.5 Å². The van der Waals surface area contributed by atoms with Gasteiger partial charge in [0.15, 0.2) is 11.6 Å². The quantitative estimate of drug-likeness (QED) is 0.0430. The number of alkyl halides is 6. The van der Waals surface area contributed by atoms with Crippen LogP contribution in [0.1, 0.15) is 70.7 Å². The molecule has 366 valence electrons. The molecular weight excluding hydrogens is 1020 g/mol. The highest BCUT2D eigenvalue weighted by Crippen LogP contribution is 2.38. The summed E-state index contributed by atoms with van der Waals surface area (Å²) in [5.74, 6) is -5.03. The number of nitrogens with zero attached hydrogens (tertiary/aromatic N) is 4. The molecule has 24 heteroatoms. The van der Waals surface area contributed by atoms with Crippen molar-refractivity contribution in [3.05, 3.63) is 138 Å². The number of amides is 4. The Morgan fingerprint density at radius 1 is 0.514 bits per heavy atom. The van der Waals surface area contributed by atoms with Crippen LogP contribution in [0.15, 0.2) is 105 Å². The number of carbonyl (C=O) groups excluding carboxylic acids is 6. The third-order valence-corrected chi connectivity index (χ3v) is 10.9. The molecule has 0 saturated carbocycles. The van der Waals surface area contributed by atoms with Gasteiger partial charge < -0.3 is 21.3 Å². The van der Waals surface area contributed by atoms with E-state index in [0.29, 0.717) is 23.3 Å². The minimum atomic E-state index is -4.79. The predicted molar refractivity (Wildman–Crippen MR) is 252 cm³/mol. The Bertz CT molecular complexity index is 2940. The minimum Gasteiger partial charge on any atom is -0.324 e. The number of anilines is 4. The van der Waals surface area contributed by atoms with E-state index < -0.39 is 80.8 Å². The number of rotatable bonds is 16. The van der Waals surface area contributed by atoms with Crippen LogP contribution < -0.4 is 21.3 Å². The van der Waals surface area contributed by atoms with Crippen LogP contribution in [0.2, 0.25) is 20.1 Å². The van der Waals surface area contributed by atoms with Gasteiger partial charge in [0.2, 0.25) is 12.1 Å². The van der Waals surface area contributed by atoms with Crippen molar-refractivity contribution in [3.63, 3.8) is 0 Å². The average molecular weight is 1050 g/mol. The summed E-state index contributed by atoms with van der Waals surface area (Å²) in [5, 5.41) is 24.5. The Kier molecular flexibility index (Phi) is 17.6. The van der Waals surface area contributed by atoms with E-state index in [1.807, 2.05) is 0 Å². The highest BCUT2D eigenvalue weighted by molar-refractivity contribution is 6.32. The summed E-state index contributed by atoms with van der Waals surface area (Å²) in [6.07, 6.45) is -9.02. The number of ketones is 2. The van der Waals surface area contributed by atoms with E-state index in [1.165, 1.54) is 48.5 Å². The maximum absolute atomic E-state index is 13.6. The zero-order valence-electron chi connectivity index (χ0n) is 36.7. The van der Waals surface area contributed by atoms with Crippen molar-refractivity contribution in [2.75, 3.05) is 21.3 Å². The van der Waals surface area contributed by atoms with Gasteiger partial charge in [-0.25, -0.2) is 0 Å². The molecule has 70 heavy (non-hydrogen) atoms. The van der Waals surface area contributed by atoms with Crippen LogP contribution >= 0.6 is 46.4 Å². The van der Waals surface area contributed by atoms with E-state index in [2.05, 4.69) is 41.7 Å². The maximum Gasteiger partial charge on any atom is 0.417 e. The molecule has 2 unspecified atom stereocenters. The summed E-state index contributed by atoms with van der Waals surface area (Å²) < 4.78 is 80.2. The van der Waals surface area contributed by atoms with Gasteiger partial charge >= 0.3 is 12.4 Å². The molecule has 4 N–H and O–H groups in total. The third-order valence-electron chi connectivity index (χ3n) is 9.77. The number of azo groups is 2. The second-order valence-electron chi connectivity index (χ2n) is 15.0. The number of nitrogens with one attached hydrogen (secondary N) is 4. The number of halogens is 10. The topological polar surface area (TPSA) is 200 Å². The van der Waals surface area contributed by atoms with Gasteiger partial charge in [0.25, 0.3) is 23.6 Å². The SMILES string of the molecule is CCc1cc(NC(=O)C(N=Nc2cc(Cl)cc(C(=O)Nc3ccc(Cl)c(C(F)(F)F)c3)c2)C(C)=O)cc(CC)c1NC(=O)C(N=Nc1cc(Cl)cc(C(=O)Nc2ccc(Cl)c(C(F)(F)F)c2)c1)C(C)=O. The summed E-state index contributed by atoms with van der Waals surface area (Å²) in [6, 6.07) is 12.4. The molecule has 0 aromatic heterocycles. The number of aryl methyl sites for hydroxylation is 2. The molecule has 0 spiro atoms. The molecule has 0 aliphatic carbocycles. The largest absolute Gasteiger partial charge is 0.417 e. The van der Waals surface area contributed by atoms with E-state index in [9.17, 15) is 55.1 Å². The first kappa shape index (κ1) is 54.2. The Morgan fingerprint density at radius 2 is 0.900 bits per heavy atom. The predicted octanol–water partition coefficient (Wildman–Crippen LogP) is 13.3. The van der Waals surface area contributed by atoms with Crippen molar-refractivity contribution < 1.29 is 55.1 Å². The number of carbonyl (C=O) groups is 6. The van der Waals surface area contributed by atoms with Crippen molar-refractivity contribution in [1.29, 1.82) is 0 Å². The van der Waals surface area contributed by atoms with Gasteiger partial charge in [-0.05, 0) is 123 Å². The number of hydrogen-bond acceptors (Lipinski definition) is 10. The monoisotopic (exact) mass is 1050 g/mol. The highest BCUT2D eigenvalue weighted by atomic mass is 35.5. The molecule has 2 atom stereocenters. The maximum atomic E-state index is 13.6. The third kappa shape index (κ3) is 14.2. The van der Waals surface area contributed by atoms with E-state index in [1.54, 1.807) is 13.8 Å². The Morgan fingerprint density at radius 3 is 1.26 bits per heavy atom. The Hall–Kier alpha value is -6.74. The molecule has 5 aromatic carbocycles. The van der Waals surface area contributed by atoms with E-state index >= 15 is 0 Å². The van der Waals surface area contributed by atoms with Crippen LogP contribution in [-0.4, -0.2) is 47.3 Å². The first-order valence-corrected chi connectivity index (χ1v) is 21.9. The van der Waals surface area contributed by atoms with Gasteiger partial charge in [0, 0.05) is 43.9 Å². The van der Waals surface area contributed by atoms with Crippen LogP contribution in [0.4, 0.5) is 60.5 Å².